The Morgan fingerprint density at radius 2 is 1.38 bits per heavy atom. The Hall–Kier alpha value is -3.08. The van der Waals surface area contributed by atoms with E-state index in [0.717, 1.165) is 17.5 Å². The molecule has 37 heavy (non-hydrogen) atoms. The highest BCUT2D eigenvalue weighted by Gasteiger charge is 2.50. The molecule has 1 aliphatic rings. The van der Waals surface area contributed by atoms with E-state index in [9.17, 15) is 0 Å². The molecule has 0 amide bonds. The number of likely N-dealkylation sites (tertiary alicyclic amines) is 1. The van der Waals surface area contributed by atoms with E-state index >= 15 is 0 Å². The molecule has 0 spiro atoms. The van der Waals surface area contributed by atoms with Gasteiger partial charge in [-0.3, -0.25) is 4.90 Å². The number of hydrogen-bond acceptors (Lipinski definition) is 1. The second kappa shape index (κ2) is 14.6. The third kappa shape index (κ3) is 7.95. The van der Waals surface area contributed by atoms with E-state index in [1.165, 1.54) is 61.9 Å². The zero-order valence-electron chi connectivity index (χ0n) is 23.5. The maximum absolute atomic E-state index is 3.85. The molecule has 1 heteroatoms. The fraction of sp³-hybridized carbons (Fsp3) is 0.389. The molecule has 1 heterocycles. The molecule has 0 radical (unpaired) electrons. The molecular weight excluding hydrogens is 446 g/mol. The number of nitrogens with zero attached hydrogens (tertiary/aromatic N) is 1. The van der Waals surface area contributed by atoms with Crippen LogP contribution in [-0.4, -0.2) is 23.5 Å². The van der Waals surface area contributed by atoms with Crippen LogP contribution in [0.4, 0.5) is 0 Å². The summed E-state index contributed by atoms with van der Waals surface area (Å²) in [5.41, 5.74) is 6.56. The van der Waals surface area contributed by atoms with Crippen molar-refractivity contribution in [3.05, 3.63) is 119 Å². The van der Waals surface area contributed by atoms with Gasteiger partial charge < -0.3 is 0 Å². The van der Waals surface area contributed by atoms with Crippen LogP contribution in [-0.2, 0) is 6.42 Å². The first kappa shape index (κ1) is 28.5. The van der Waals surface area contributed by atoms with Crippen LogP contribution < -0.4 is 0 Å². The van der Waals surface area contributed by atoms with Crippen LogP contribution in [0.2, 0.25) is 0 Å². The first-order chi connectivity index (χ1) is 18.0. The van der Waals surface area contributed by atoms with Gasteiger partial charge in [0.05, 0.1) is 0 Å². The molecule has 1 aliphatic heterocycles. The van der Waals surface area contributed by atoms with E-state index in [2.05, 4.69) is 105 Å². The number of rotatable bonds is 9. The molecule has 0 saturated carbocycles. The van der Waals surface area contributed by atoms with Crippen molar-refractivity contribution in [1.29, 1.82) is 0 Å². The minimum atomic E-state index is 0.352. The molecular formula is C36H45N. The Morgan fingerprint density at radius 1 is 0.811 bits per heavy atom. The van der Waals surface area contributed by atoms with Crippen molar-refractivity contribution in [1.82, 2.24) is 4.90 Å². The molecule has 194 valence electrons. The smallest absolute Gasteiger partial charge is 0.0285 e. The lowest BCUT2D eigenvalue weighted by molar-refractivity contribution is -0.0496. The van der Waals surface area contributed by atoms with Crippen molar-refractivity contribution in [2.45, 2.75) is 77.7 Å². The summed E-state index contributed by atoms with van der Waals surface area (Å²) in [5.74, 6) is 7.21. The van der Waals surface area contributed by atoms with Crippen molar-refractivity contribution in [3.63, 3.8) is 0 Å². The lowest BCUT2D eigenvalue weighted by Gasteiger charge is -2.59. The molecule has 1 atom stereocenters. The highest BCUT2D eigenvalue weighted by atomic mass is 15.3. The fourth-order valence-corrected chi connectivity index (χ4v) is 5.56. The van der Waals surface area contributed by atoms with Crippen LogP contribution in [0, 0.1) is 11.8 Å². The van der Waals surface area contributed by atoms with Gasteiger partial charge in [0.15, 0.2) is 0 Å². The summed E-state index contributed by atoms with van der Waals surface area (Å²) in [5, 5.41) is 0. The van der Waals surface area contributed by atoms with Gasteiger partial charge in [-0.05, 0) is 74.5 Å². The van der Waals surface area contributed by atoms with Gasteiger partial charge in [0, 0.05) is 29.1 Å². The first-order valence-electron chi connectivity index (χ1n) is 14.1. The molecule has 3 aromatic carbocycles. The van der Waals surface area contributed by atoms with E-state index in [1.807, 2.05) is 31.2 Å². The lowest BCUT2D eigenvalue weighted by atomic mass is 9.67. The normalized spacial score (nSPS) is 15.9. The Labute approximate surface area is 226 Å². The molecule has 0 N–H and O–H groups in total. The van der Waals surface area contributed by atoms with Gasteiger partial charge >= 0.3 is 0 Å². The van der Waals surface area contributed by atoms with Gasteiger partial charge in [0.1, 0.15) is 0 Å². The summed E-state index contributed by atoms with van der Waals surface area (Å²) >= 11 is 0. The molecule has 4 rings (SSSR count). The highest BCUT2D eigenvalue weighted by Crippen LogP contribution is 2.48. The average Bonchev–Trinajstić information content (AvgIpc) is 2.92. The van der Waals surface area contributed by atoms with Gasteiger partial charge in [-0.1, -0.05) is 118 Å². The molecule has 1 nitrogen and oxygen atoms in total. The SMILES string of the molecule is C=C(C)Cc1ccccc1.CCCCCN1C[C@H](c2ccc(C#Cc3ccccc3)cc2)C1(CC)CC. The molecule has 0 aliphatic carbocycles. The van der Waals surface area contributed by atoms with Crippen LogP contribution in [0.1, 0.15) is 88.0 Å². The Balaban J connectivity index is 0.000000319. The van der Waals surface area contributed by atoms with Gasteiger partial charge in [0.25, 0.3) is 0 Å². The molecule has 1 fully saturated rings. The standard InChI is InChI=1S/C26H33N.C10H12/c1-4-7-11-20-27-21-25(26(27,5-2)6-3)24-18-16-23(17-19-24)15-14-22-12-9-8-10-13-22;1-9(2)8-10-6-4-3-5-7-10/h8-10,12-13,16-19,25H,4-7,11,20-21H2,1-3H3;3-7H,1,8H2,2H3/t25-;/m1./s1. The highest BCUT2D eigenvalue weighted by molar-refractivity contribution is 5.44. The molecule has 0 bridgehead atoms. The maximum atomic E-state index is 3.85. The molecule has 0 aromatic heterocycles. The van der Waals surface area contributed by atoms with Gasteiger partial charge in [-0.15, -0.1) is 0 Å². The topological polar surface area (TPSA) is 3.24 Å². The largest absolute Gasteiger partial charge is 0.296 e. The van der Waals surface area contributed by atoms with Crippen LogP contribution >= 0.6 is 0 Å². The fourth-order valence-electron chi connectivity index (χ4n) is 5.56. The summed E-state index contributed by atoms with van der Waals surface area (Å²) in [6.07, 6.45) is 7.44. The second-order valence-corrected chi connectivity index (χ2v) is 10.4. The molecule has 1 saturated heterocycles. The van der Waals surface area contributed by atoms with Crippen LogP contribution in [0.25, 0.3) is 0 Å². The van der Waals surface area contributed by atoms with Crippen molar-refractivity contribution >= 4 is 0 Å². The van der Waals surface area contributed by atoms with Crippen molar-refractivity contribution < 1.29 is 0 Å². The van der Waals surface area contributed by atoms with Crippen LogP contribution in [0.3, 0.4) is 0 Å². The van der Waals surface area contributed by atoms with E-state index in [1.54, 1.807) is 0 Å². The first-order valence-corrected chi connectivity index (χ1v) is 14.1. The van der Waals surface area contributed by atoms with Gasteiger partial charge in [0.2, 0.25) is 0 Å². The second-order valence-electron chi connectivity index (χ2n) is 10.4. The van der Waals surface area contributed by atoms with Crippen LogP contribution in [0.15, 0.2) is 97.1 Å². The van der Waals surface area contributed by atoms with E-state index < -0.39 is 0 Å². The summed E-state index contributed by atoms with van der Waals surface area (Å²) in [6.45, 7) is 15.4. The van der Waals surface area contributed by atoms with E-state index in [0.29, 0.717) is 11.5 Å². The minimum Gasteiger partial charge on any atom is -0.296 e. The Bertz CT molecular complexity index is 1130. The predicted octanol–water partition coefficient (Wildman–Crippen LogP) is 9.04. The van der Waals surface area contributed by atoms with Crippen LogP contribution in [0.5, 0.6) is 0 Å². The minimum absolute atomic E-state index is 0.352. The maximum Gasteiger partial charge on any atom is 0.0285 e. The number of unbranched alkanes of at least 4 members (excludes halogenated alkanes) is 2. The Kier molecular flexibility index (Phi) is 11.2. The van der Waals surface area contributed by atoms with E-state index in [-0.39, 0.29) is 0 Å². The Morgan fingerprint density at radius 3 is 1.92 bits per heavy atom. The predicted molar refractivity (Wildman–Crippen MR) is 161 cm³/mol. The average molecular weight is 492 g/mol. The molecule has 0 unspecified atom stereocenters. The van der Waals surface area contributed by atoms with Gasteiger partial charge in [-0.25, -0.2) is 0 Å². The summed E-state index contributed by atoms with van der Waals surface area (Å²) in [6, 6.07) is 29.6. The van der Waals surface area contributed by atoms with E-state index in [4.69, 9.17) is 0 Å². The number of benzene rings is 3. The summed E-state index contributed by atoms with van der Waals surface area (Å²) < 4.78 is 0. The zero-order chi connectivity index (χ0) is 26.5. The zero-order valence-corrected chi connectivity index (χ0v) is 23.5. The van der Waals surface area contributed by atoms with Gasteiger partial charge in [-0.2, -0.15) is 0 Å². The van der Waals surface area contributed by atoms with Crippen molar-refractivity contribution in [2.75, 3.05) is 13.1 Å². The quantitative estimate of drug-likeness (QED) is 0.164. The van der Waals surface area contributed by atoms with Crippen molar-refractivity contribution in [3.8, 4) is 11.8 Å². The monoisotopic (exact) mass is 491 g/mol. The number of allylic oxidation sites excluding steroid dienone is 1. The summed E-state index contributed by atoms with van der Waals surface area (Å²) in [7, 11) is 0. The lowest BCUT2D eigenvalue weighted by Crippen LogP contribution is -2.65. The molecule has 3 aromatic rings. The number of hydrogen-bond donors (Lipinski definition) is 0. The third-order valence-electron chi connectivity index (χ3n) is 7.72. The van der Waals surface area contributed by atoms with Crippen molar-refractivity contribution in [2.24, 2.45) is 0 Å². The third-order valence-corrected chi connectivity index (χ3v) is 7.72. The summed E-state index contributed by atoms with van der Waals surface area (Å²) in [4.78, 5) is 2.75.